The van der Waals surface area contributed by atoms with Crippen molar-refractivity contribution in [3.63, 3.8) is 0 Å². The summed E-state index contributed by atoms with van der Waals surface area (Å²) in [6, 6.07) is 0. The summed E-state index contributed by atoms with van der Waals surface area (Å²) in [5.74, 6) is 0. The van der Waals surface area contributed by atoms with E-state index in [9.17, 15) is 0 Å². The molecular formula is C26H47HfN3. The van der Waals surface area contributed by atoms with E-state index < -0.39 is 0 Å². The molecule has 0 saturated heterocycles. The summed E-state index contributed by atoms with van der Waals surface area (Å²) in [5.41, 5.74) is 0. The number of unbranched alkanes of at least 4 members (excludes halogenated alkanes) is 3. The van der Waals surface area contributed by atoms with Gasteiger partial charge in [-0.05, 0) is 19.3 Å². The normalized spacial score (nSPS) is 10.2. The molecule has 0 spiro atoms. The molecule has 30 heavy (non-hydrogen) atoms. The average molecular weight is 580 g/mol. The van der Waals surface area contributed by atoms with Crippen molar-refractivity contribution in [3.05, 3.63) is 78.2 Å². The zero-order chi connectivity index (χ0) is 22.3. The van der Waals surface area contributed by atoms with Gasteiger partial charge in [0.05, 0.1) is 0 Å². The molecular weight excluding hydrogens is 533 g/mol. The Bertz CT molecular complexity index is 317. The minimum absolute atomic E-state index is 0. The summed E-state index contributed by atoms with van der Waals surface area (Å²) < 4.78 is 0. The van der Waals surface area contributed by atoms with Crippen LogP contribution in [0.5, 0.6) is 0 Å². The maximum absolute atomic E-state index is 4.16. The molecule has 0 aromatic heterocycles. The Morgan fingerprint density at radius 1 is 0.733 bits per heavy atom. The van der Waals surface area contributed by atoms with Gasteiger partial charge in [0, 0.05) is 0 Å². The van der Waals surface area contributed by atoms with Crippen molar-refractivity contribution in [2.75, 3.05) is 39.3 Å². The van der Waals surface area contributed by atoms with E-state index >= 15 is 0 Å². The summed E-state index contributed by atoms with van der Waals surface area (Å²) in [5, 5.41) is 12.5. The second-order valence-corrected chi connectivity index (χ2v) is 6.09. The van der Waals surface area contributed by atoms with Gasteiger partial charge in [0.15, 0.2) is 0 Å². The molecule has 4 heteroatoms. The first-order chi connectivity index (χ1) is 14.2. The molecule has 0 aromatic carbocycles. The van der Waals surface area contributed by atoms with Crippen molar-refractivity contribution in [3.8, 4) is 0 Å². The topological polar surface area (TPSA) is 42.3 Å². The van der Waals surface area contributed by atoms with Crippen molar-refractivity contribution in [2.24, 2.45) is 0 Å². The van der Waals surface area contributed by atoms with Crippen molar-refractivity contribution < 1.29 is 25.8 Å². The molecule has 0 bridgehead atoms. The maximum atomic E-state index is 4.16. The second kappa shape index (κ2) is 42.5. The monoisotopic (exact) mass is 581 g/mol. The van der Waals surface area contributed by atoms with Gasteiger partial charge in [0.2, 0.25) is 0 Å². The molecule has 0 saturated carbocycles. The van der Waals surface area contributed by atoms with Gasteiger partial charge in [0.1, 0.15) is 0 Å². The number of allylic oxidation sites excluding steroid dienone is 7. The number of rotatable bonds is 15. The fourth-order valence-electron chi connectivity index (χ4n) is 1.86. The Kier molecular flexibility index (Phi) is 52.2. The zero-order valence-electron chi connectivity index (χ0n) is 20.1. The molecule has 0 amide bonds. The summed E-state index contributed by atoms with van der Waals surface area (Å²) in [6.45, 7) is 22.9. The molecule has 0 atom stereocenters. The first kappa shape index (κ1) is 36.8. The summed E-state index contributed by atoms with van der Waals surface area (Å²) in [7, 11) is 0. The molecule has 0 aromatic rings. The first-order valence-electron chi connectivity index (χ1n) is 11.2. The van der Waals surface area contributed by atoms with Crippen LogP contribution in [0.4, 0.5) is 0 Å². The Labute approximate surface area is 208 Å². The van der Waals surface area contributed by atoms with E-state index in [1.807, 2.05) is 30.4 Å². The largest absolute Gasteiger partial charge is 4.00 e. The fraction of sp³-hybridized carbons (Fsp3) is 0.615. The molecule has 1 aliphatic carbocycles. The van der Waals surface area contributed by atoms with Crippen LogP contribution >= 0.6 is 0 Å². The summed E-state index contributed by atoms with van der Waals surface area (Å²) in [6.07, 6.45) is 22.6. The molecule has 0 aliphatic heterocycles. The van der Waals surface area contributed by atoms with Crippen LogP contribution in [0.25, 0.3) is 16.0 Å². The molecule has 1 aliphatic rings. The van der Waals surface area contributed by atoms with Crippen LogP contribution in [0, 0.1) is 6.08 Å². The Balaban J connectivity index is -0.000000150. The van der Waals surface area contributed by atoms with E-state index in [-0.39, 0.29) is 25.8 Å². The van der Waals surface area contributed by atoms with E-state index in [2.05, 4.69) is 68.6 Å². The second-order valence-electron chi connectivity index (χ2n) is 6.09. The predicted octanol–water partition coefficient (Wildman–Crippen LogP) is 8.34. The van der Waals surface area contributed by atoms with Gasteiger partial charge < -0.3 is 16.0 Å². The van der Waals surface area contributed by atoms with E-state index in [1.165, 1.54) is 0 Å². The molecule has 170 valence electrons. The smallest absolute Gasteiger partial charge is 0.662 e. The van der Waals surface area contributed by atoms with Crippen molar-refractivity contribution in [2.45, 2.75) is 65.7 Å². The van der Waals surface area contributed by atoms with E-state index in [4.69, 9.17) is 0 Å². The van der Waals surface area contributed by atoms with Crippen LogP contribution in [0.1, 0.15) is 65.7 Å². The maximum Gasteiger partial charge on any atom is 4.00 e. The standard InChI is InChI=1S/3C7H14N.C5H5.Hf/c3*1-3-5-6-7-8-4-2;1-2-4-5-3-1;/h3*3H,1,4-7H2,2H3;1-3H,4H2;/q4*-1;+4. The number of hydrogen-bond donors (Lipinski definition) is 0. The predicted molar refractivity (Wildman–Crippen MR) is 136 cm³/mol. The van der Waals surface area contributed by atoms with Crippen LogP contribution in [0.3, 0.4) is 0 Å². The van der Waals surface area contributed by atoms with Crippen LogP contribution in [-0.4, -0.2) is 39.3 Å². The van der Waals surface area contributed by atoms with Gasteiger partial charge in [-0.1, -0.05) is 58.3 Å². The first-order valence-corrected chi connectivity index (χ1v) is 11.2. The SMILES string of the molecule is C=CCCC[N-]CC.C=CCCC[N-]CC.C=CCCC[N-]CC.[C-]1=CC=CC1.[Hf+4]. The van der Waals surface area contributed by atoms with Gasteiger partial charge >= 0.3 is 25.8 Å². The number of nitrogens with zero attached hydrogens (tertiary/aromatic N) is 3. The molecule has 0 unspecified atom stereocenters. The van der Waals surface area contributed by atoms with Gasteiger partial charge in [-0.15, -0.1) is 45.8 Å². The minimum atomic E-state index is 0. The van der Waals surface area contributed by atoms with Gasteiger partial charge in [-0.3, -0.25) is 6.08 Å². The van der Waals surface area contributed by atoms with E-state index in [0.29, 0.717) is 0 Å². The van der Waals surface area contributed by atoms with Crippen molar-refractivity contribution in [1.29, 1.82) is 0 Å². The van der Waals surface area contributed by atoms with Crippen LogP contribution in [-0.2, 0) is 25.8 Å². The Morgan fingerprint density at radius 2 is 1.10 bits per heavy atom. The van der Waals surface area contributed by atoms with Gasteiger partial charge in [0.25, 0.3) is 0 Å². The third kappa shape index (κ3) is 50.8. The van der Waals surface area contributed by atoms with Crippen LogP contribution in [0.15, 0.2) is 56.2 Å². The third-order valence-electron chi connectivity index (χ3n) is 3.43. The molecule has 1 rings (SSSR count). The number of hydrogen-bond acceptors (Lipinski definition) is 0. The minimum Gasteiger partial charge on any atom is -0.662 e. The van der Waals surface area contributed by atoms with Crippen LogP contribution in [0.2, 0.25) is 0 Å². The van der Waals surface area contributed by atoms with Crippen molar-refractivity contribution >= 4 is 0 Å². The Morgan fingerprint density at radius 3 is 1.27 bits per heavy atom. The van der Waals surface area contributed by atoms with Gasteiger partial charge in [-0.2, -0.15) is 25.7 Å². The zero-order valence-corrected chi connectivity index (χ0v) is 23.7. The molecule has 0 radical (unpaired) electrons. The molecule has 0 N–H and O–H groups in total. The van der Waals surface area contributed by atoms with Gasteiger partial charge in [-0.25, -0.2) is 12.2 Å². The third-order valence-corrected chi connectivity index (χ3v) is 3.43. The van der Waals surface area contributed by atoms with Crippen molar-refractivity contribution in [1.82, 2.24) is 0 Å². The van der Waals surface area contributed by atoms with Crippen LogP contribution < -0.4 is 0 Å². The quantitative estimate of drug-likeness (QED) is 0.0810. The molecule has 0 fully saturated rings. The molecule has 3 nitrogen and oxygen atoms in total. The molecule has 0 heterocycles. The Hall–Kier alpha value is -0.550. The van der Waals surface area contributed by atoms with E-state index in [0.717, 1.165) is 84.2 Å². The average Bonchev–Trinajstić information content (AvgIpc) is 3.33. The summed E-state index contributed by atoms with van der Waals surface area (Å²) >= 11 is 0. The fourth-order valence-corrected chi connectivity index (χ4v) is 1.86. The van der Waals surface area contributed by atoms with E-state index in [1.54, 1.807) is 0 Å². The summed E-state index contributed by atoms with van der Waals surface area (Å²) in [4.78, 5) is 0.